The minimum atomic E-state index is 0.131. The molecule has 2 heteroatoms. The van der Waals surface area contributed by atoms with Gasteiger partial charge < -0.3 is 10.4 Å². The quantitative estimate of drug-likeness (QED) is 0.819. The minimum Gasteiger partial charge on any atom is -0.392 e. The number of aliphatic hydroxyl groups is 1. The number of nitrogens with one attached hydrogen (secondary N) is 1. The van der Waals surface area contributed by atoms with Gasteiger partial charge in [-0.1, -0.05) is 38.1 Å². The highest BCUT2D eigenvalue weighted by Gasteiger charge is 2.30. The summed E-state index contributed by atoms with van der Waals surface area (Å²) in [5.74, 6) is 1.75. The molecule has 1 aliphatic rings. The normalized spacial score (nSPS) is 23.8. The first-order chi connectivity index (χ1) is 8.19. The molecule has 0 radical (unpaired) electrons. The first-order valence-electron chi connectivity index (χ1n) is 6.61. The van der Waals surface area contributed by atoms with Gasteiger partial charge in [-0.3, -0.25) is 0 Å². The van der Waals surface area contributed by atoms with Crippen molar-refractivity contribution in [3.63, 3.8) is 0 Å². The van der Waals surface area contributed by atoms with Crippen LogP contribution in [-0.4, -0.2) is 11.1 Å². The van der Waals surface area contributed by atoms with Crippen molar-refractivity contribution in [3.05, 3.63) is 35.4 Å². The summed E-state index contributed by atoms with van der Waals surface area (Å²) in [6, 6.07) is 8.89. The molecule has 0 bridgehead atoms. The van der Waals surface area contributed by atoms with Gasteiger partial charge in [0.15, 0.2) is 0 Å². The van der Waals surface area contributed by atoms with Gasteiger partial charge in [0.1, 0.15) is 0 Å². The van der Waals surface area contributed by atoms with E-state index in [4.69, 9.17) is 5.11 Å². The topological polar surface area (TPSA) is 32.3 Å². The number of rotatable bonds is 5. The zero-order chi connectivity index (χ0) is 12.3. The Morgan fingerprint density at radius 2 is 1.76 bits per heavy atom. The van der Waals surface area contributed by atoms with Gasteiger partial charge >= 0.3 is 0 Å². The highest BCUT2D eigenvalue weighted by atomic mass is 16.3. The minimum absolute atomic E-state index is 0.131. The predicted octanol–water partition coefficient (Wildman–Crippen LogP) is 2.70. The van der Waals surface area contributed by atoms with Crippen LogP contribution in [-0.2, 0) is 13.2 Å². The van der Waals surface area contributed by atoms with Crippen LogP contribution in [0.3, 0.4) is 0 Å². The van der Waals surface area contributed by atoms with Gasteiger partial charge in [-0.25, -0.2) is 0 Å². The largest absolute Gasteiger partial charge is 0.392 e. The second-order valence-corrected chi connectivity index (χ2v) is 5.53. The van der Waals surface area contributed by atoms with Gasteiger partial charge in [-0.2, -0.15) is 0 Å². The molecule has 94 valence electrons. The molecule has 2 nitrogen and oxygen atoms in total. The Kier molecular flexibility index (Phi) is 4.19. The summed E-state index contributed by atoms with van der Waals surface area (Å²) in [7, 11) is 0. The lowest BCUT2D eigenvalue weighted by Crippen LogP contribution is -2.42. The Balaban J connectivity index is 1.72. The summed E-state index contributed by atoms with van der Waals surface area (Å²) >= 11 is 0. The summed E-state index contributed by atoms with van der Waals surface area (Å²) in [4.78, 5) is 0. The molecule has 1 aromatic carbocycles. The first-order valence-corrected chi connectivity index (χ1v) is 6.61. The van der Waals surface area contributed by atoms with E-state index in [1.165, 1.54) is 18.4 Å². The molecular weight excluding hydrogens is 210 g/mol. The Hall–Kier alpha value is -0.860. The fourth-order valence-electron chi connectivity index (χ4n) is 2.40. The van der Waals surface area contributed by atoms with Crippen LogP contribution in [0.2, 0.25) is 0 Å². The highest BCUT2D eigenvalue weighted by molar-refractivity contribution is 5.21. The first kappa shape index (κ1) is 12.6. The Labute approximate surface area is 104 Å². The second kappa shape index (κ2) is 5.65. The van der Waals surface area contributed by atoms with Crippen molar-refractivity contribution in [3.8, 4) is 0 Å². The van der Waals surface area contributed by atoms with Gasteiger partial charge in [0, 0.05) is 12.6 Å². The molecule has 0 atom stereocenters. The van der Waals surface area contributed by atoms with E-state index < -0.39 is 0 Å². The SMILES string of the molecule is CC(C)C1CC(NCc2ccc(CO)cc2)C1. The van der Waals surface area contributed by atoms with E-state index in [9.17, 15) is 0 Å². The zero-order valence-corrected chi connectivity index (χ0v) is 10.8. The monoisotopic (exact) mass is 233 g/mol. The molecule has 0 heterocycles. The van der Waals surface area contributed by atoms with Crippen molar-refractivity contribution in [2.75, 3.05) is 0 Å². The lowest BCUT2D eigenvalue weighted by molar-refractivity contribution is 0.167. The number of hydrogen-bond acceptors (Lipinski definition) is 2. The molecule has 0 aliphatic heterocycles. The van der Waals surface area contributed by atoms with E-state index in [1.807, 2.05) is 12.1 Å². The molecule has 17 heavy (non-hydrogen) atoms. The van der Waals surface area contributed by atoms with Crippen LogP contribution in [0.5, 0.6) is 0 Å². The third-order valence-corrected chi connectivity index (χ3v) is 3.92. The van der Waals surface area contributed by atoms with E-state index in [0.29, 0.717) is 6.04 Å². The van der Waals surface area contributed by atoms with Crippen LogP contribution >= 0.6 is 0 Å². The van der Waals surface area contributed by atoms with Crippen molar-refractivity contribution < 1.29 is 5.11 Å². The third kappa shape index (κ3) is 3.30. The molecule has 0 unspecified atom stereocenters. The number of benzene rings is 1. The van der Waals surface area contributed by atoms with Crippen molar-refractivity contribution in [1.82, 2.24) is 5.32 Å². The van der Waals surface area contributed by atoms with E-state index in [-0.39, 0.29) is 6.61 Å². The maximum Gasteiger partial charge on any atom is 0.0681 e. The standard InChI is InChI=1S/C15H23NO/c1-11(2)14-7-15(8-14)16-9-12-3-5-13(10-17)6-4-12/h3-6,11,14-17H,7-10H2,1-2H3. The summed E-state index contributed by atoms with van der Waals surface area (Å²) in [5.41, 5.74) is 2.28. The van der Waals surface area contributed by atoms with Crippen molar-refractivity contribution in [2.24, 2.45) is 11.8 Å². The second-order valence-electron chi connectivity index (χ2n) is 5.53. The molecule has 1 aliphatic carbocycles. The Morgan fingerprint density at radius 1 is 1.18 bits per heavy atom. The van der Waals surface area contributed by atoms with Crippen LogP contribution in [0.15, 0.2) is 24.3 Å². The van der Waals surface area contributed by atoms with Crippen molar-refractivity contribution in [2.45, 2.75) is 45.9 Å². The molecule has 2 N–H and O–H groups in total. The summed E-state index contributed by atoms with van der Waals surface area (Å²) in [5, 5.41) is 12.6. The number of aliphatic hydroxyl groups excluding tert-OH is 1. The molecule has 1 aromatic rings. The molecular formula is C15H23NO. The molecule has 0 saturated heterocycles. The molecule has 0 aromatic heterocycles. The average molecular weight is 233 g/mol. The maximum atomic E-state index is 8.96. The molecule has 0 amide bonds. The molecule has 2 rings (SSSR count). The fourth-order valence-corrected chi connectivity index (χ4v) is 2.40. The zero-order valence-electron chi connectivity index (χ0n) is 10.8. The lowest BCUT2D eigenvalue weighted by Gasteiger charge is -2.38. The van der Waals surface area contributed by atoms with Crippen LogP contribution < -0.4 is 5.32 Å². The summed E-state index contributed by atoms with van der Waals surface area (Å²) in [6.07, 6.45) is 2.65. The maximum absolute atomic E-state index is 8.96. The van der Waals surface area contributed by atoms with Crippen LogP contribution in [0.4, 0.5) is 0 Å². The van der Waals surface area contributed by atoms with E-state index >= 15 is 0 Å². The van der Waals surface area contributed by atoms with Gasteiger partial charge in [0.25, 0.3) is 0 Å². The van der Waals surface area contributed by atoms with Crippen molar-refractivity contribution >= 4 is 0 Å². The smallest absolute Gasteiger partial charge is 0.0681 e. The van der Waals surface area contributed by atoms with E-state index in [0.717, 1.165) is 23.9 Å². The summed E-state index contributed by atoms with van der Waals surface area (Å²) < 4.78 is 0. The van der Waals surface area contributed by atoms with Gasteiger partial charge in [-0.05, 0) is 35.8 Å². The van der Waals surface area contributed by atoms with Crippen molar-refractivity contribution in [1.29, 1.82) is 0 Å². The summed E-state index contributed by atoms with van der Waals surface area (Å²) in [6.45, 7) is 5.70. The van der Waals surface area contributed by atoms with E-state index in [1.54, 1.807) is 0 Å². The predicted molar refractivity (Wildman–Crippen MR) is 70.6 cm³/mol. The molecule has 0 spiro atoms. The fraction of sp³-hybridized carbons (Fsp3) is 0.600. The van der Waals surface area contributed by atoms with Crippen LogP contribution in [0.25, 0.3) is 0 Å². The Bertz CT molecular complexity index is 338. The molecule has 1 saturated carbocycles. The van der Waals surface area contributed by atoms with Gasteiger partial charge in [0.05, 0.1) is 6.61 Å². The van der Waals surface area contributed by atoms with Gasteiger partial charge in [0.2, 0.25) is 0 Å². The van der Waals surface area contributed by atoms with Crippen LogP contribution in [0, 0.1) is 11.8 Å². The third-order valence-electron chi connectivity index (χ3n) is 3.92. The Morgan fingerprint density at radius 3 is 2.29 bits per heavy atom. The lowest BCUT2D eigenvalue weighted by atomic mass is 9.73. The van der Waals surface area contributed by atoms with E-state index in [2.05, 4.69) is 31.3 Å². The van der Waals surface area contributed by atoms with Gasteiger partial charge in [-0.15, -0.1) is 0 Å². The molecule has 1 fully saturated rings. The number of hydrogen-bond donors (Lipinski definition) is 2. The average Bonchev–Trinajstić information content (AvgIpc) is 2.27. The van der Waals surface area contributed by atoms with Crippen LogP contribution in [0.1, 0.15) is 37.8 Å². The highest BCUT2D eigenvalue weighted by Crippen LogP contribution is 2.33.